The fourth-order valence-corrected chi connectivity index (χ4v) is 2.17. The Labute approximate surface area is 158 Å². The van der Waals surface area contributed by atoms with Gasteiger partial charge >= 0.3 is 25.0 Å². The molecule has 2 rings (SSSR count). The van der Waals surface area contributed by atoms with Crippen molar-refractivity contribution in [2.24, 2.45) is 0 Å². The topological polar surface area (TPSA) is 50.4 Å². The normalized spacial score (nSPS) is 12.0. The Kier molecular flexibility index (Phi) is 6.55. The van der Waals surface area contributed by atoms with E-state index >= 15 is 0 Å². The van der Waals surface area contributed by atoms with Crippen LogP contribution in [0.3, 0.4) is 0 Å². The van der Waals surface area contributed by atoms with Gasteiger partial charge in [0.2, 0.25) is 0 Å². The Morgan fingerprint density at radius 1 is 0.897 bits per heavy atom. The van der Waals surface area contributed by atoms with Gasteiger partial charge in [0.1, 0.15) is 5.75 Å². The monoisotopic (exact) mass is 428 g/mol. The summed E-state index contributed by atoms with van der Waals surface area (Å²) in [4.78, 5) is 11.8. The van der Waals surface area contributed by atoms with Crippen LogP contribution in [0.2, 0.25) is 0 Å². The molecule has 12 heteroatoms. The summed E-state index contributed by atoms with van der Waals surface area (Å²) in [7, 11) is 0. The SMILES string of the molecule is O=C(NCc1ccc(OC(F)F)cc1)Nc1cc(C(F)(F)F)cc(C(F)(F)F)c1. The van der Waals surface area contributed by atoms with Crippen molar-refractivity contribution in [3.63, 3.8) is 0 Å². The minimum atomic E-state index is -5.05. The molecule has 2 amide bonds. The fourth-order valence-electron chi connectivity index (χ4n) is 2.17. The third kappa shape index (κ3) is 6.80. The van der Waals surface area contributed by atoms with Crippen LogP contribution in [0.1, 0.15) is 16.7 Å². The second-order valence-corrected chi connectivity index (χ2v) is 5.62. The lowest BCUT2D eigenvalue weighted by atomic mass is 10.1. The molecular weight excluding hydrogens is 416 g/mol. The van der Waals surface area contributed by atoms with Crippen LogP contribution in [0, 0.1) is 0 Å². The number of hydrogen-bond donors (Lipinski definition) is 2. The highest BCUT2D eigenvalue weighted by Crippen LogP contribution is 2.37. The third-order valence-corrected chi connectivity index (χ3v) is 3.45. The van der Waals surface area contributed by atoms with Crippen molar-refractivity contribution in [3.8, 4) is 5.75 Å². The summed E-state index contributed by atoms with van der Waals surface area (Å²) in [6.07, 6.45) is -10.1. The molecule has 0 unspecified atom stereocenters. The molecule has 0 saturated carbocycles. The predicted octanol–water partition coefficient (Wildman–Crippen LogP) is 5.65. The standard InChI is InChI=1S/C17H12F8N2O2/c18-14(19)29-13-3-1-9(2-4-13)8-26-15(28)27-12-6-10(16(20,21)22)5-11(7-12)17(23,24)25/h1-7,14H,8H2,(H2,26,27,28). The molecule has 0 spiro atoms. The molecule has 0 aliphatic heterocycles. The summed E-state index contributed by atoms with van der Waals surface area (Å²) in [5.74, 6) is -0.128. The molecule has 0 radical (unpaired) electrons. The maximum atomic E-state index is 12.8. The number of carbonyl (C=O) groups excluding carboxylic acids is 1. The van der Waals surface area contributed by atoms with Crippen LogP contribution in [0.15, 0.2) is 42.5 Å². The quantitative estimate of drug-likeness (QED) is 0.605. The van der Waals surface area contributed by atoms with E-state index in [4.69, 9.17) is 0 Å². The molecular formula is C17H12F8N2O2. The van der Waals surface area contributed by atoms with E-state index < -0.39 is 41.8 Å². The highest BCUT2D eigenvalue weighted by Gasteiger charge is 2.37. The van der Waals surface area contributed by atoms with Gasteiger partial charge in [0.25, 0.3) is 0 Å². The molecule has 4 nitrogen and oxygen atoms in total. The summed E-state index contributed by atoms with van der Waals surface area (Å²) in [5.41, 5.74) is -3.43. The Balaban J connectivity index is 2.06. The smallest absolute Gasteiger partial charge is 0.416 e. The molecule has 0 saturated heterocycles. The minimum Gasteiger partial charge on any atom is -0.435 e. The molecule has 0 bridgehead atoms. The lowest BCUT2D eigenvalue weighted by Gasteiger charge is -2.15. The van der Waals surface area contributed by atoms with Crippen molar-refractivity contribution < 1.29 is 44.7 Å². The average Bonchev–Trinajstić information content (AvgIpc) is 2.59. The van der Waals surface area contributed by atoms with Crippen LogP contribution in [-0.2, 0) is 18.9 Å². The first-order chi connectivity index (χ1) is 13.3. The summed E-state index contributed by atoms with van der Waals surface area (Å²) in [5, 5.41) is 4.12. The Morgan fingerprint density at radius 2 is 1.41 bits per heavy atom. The van der Waals surface area contributed by atoms with Gasteiger partial charge in [0.05, 0.1) is 11.1 Å². The van der Waals surface area contributed by atoms with Gasteiger partial charge in [-0.2, -0.15) is 35.1 Å². The number of rotatable bonds is 5. The lowest BCUT2D eigenvalue weighted by molar-refractivity contribution is -0.143. The van der Waals surface area contributed by atoms with Crippen molar-refractivity contribution in [2.45, 2.75) is 25.5 Å². The van der Waals surface area contributed by atoms with Gasteiger partial charge in [-0.25, -0.2) is 4.79 Å². The van der Waals surface area contributed by atoms with Gasteiger partial charge in [0, 0.05) is 12.2 Å². The molecule has 0 aromatic heterocycles. The van der Waals surface area contributed by atoms with Gasteiger partial charge in [-0.05, 0) is 35.9 Å². The van der Waals surface area contributed by atoms with Crippen LogP contribution >= 0.6 is 0 Å². The van der Waals surface area contributed by atoms with Gasteiger partial charge in [-0.15, -0.1) is 0 Å². The summed E-state index contributed by atoms with van der Waals surface area (Å²) in [6, 6.07) is 4.68. The first kappa shape index (κ1) is 22.2. The molecule has 0 fully saturated rings. The maximum Gasteiger partial charge on any atom is 0.416 e. The lowest BCUT2D eigenvalue weighted by Crippen LogP contribution is -2.28. The number of hydrogen-bond acceptors (Lipinski definition) is 2. The van der Waals surface area contributed by atoms with E-state index in [-0.39, 0.29) is 18.4 Å². The third-order valence-electron chi connectivity index (χ3n) is 3.45. The molecule has 2 N–H and O–H groups in total. The van der Waals surface area contributed by atoms with E-state index in [0.717, 1.165) is 0 Å². The summed E-state index contributed by atoms with van der Waals surface area (Å²) in [6.45, 7) is -3.19. The van der Waals surface area contributed by atoms with Crippen LogP contribution in [0.5, 0.6) is 5.75 Å². The summed E-state index contributed by atoms with van der Waals surface area (Å²) < 4.78 is 105. The zero-order valence-corrected chi connectivity index (χ0v) is 14.2. The zero-order chi connectivity index (χ0) is 21.8. The van der Waals surface area contributed by atoms with E-state index in [9.17, 15) is 39.9 Å². The first-order valence-corrected chi connectivity index (χ1v) is 7.72. The Hall–Kier alpha value is -3.05. The molecule has 0 aliphatic carbocycles. The summed E-state index contributed by atoms with van der Waals surface area (Å²) >= 11 is 0. The predicted molar refractivity (Wildman–Crippen MR) is 85.4 cm³/mol. The number of nitrogens with one attached hydrogen (secondary N) is 2. The highest BCUT2D eigenvalue weighted by atomic mass is 19.4. The number of benzene rings is 2. The molecule has 0 aliphatic rings. The number of anilines is 1. The van der Waals surface area contributed by atoms with Crippen molar-refractivity contribution >= 4 is 11.7 Å². The second kappa shape index (κ2) is 8.53. The molecule has 0 atom stereocenters. The van der Waals surface area contributed by atoms with Crippen molar-refractivity contribution in [2.75, 3.05) is 5.32 Å². The first-order valence-electron chi connectivity index (χ1n) is 7.72. The fraction of sp³-hybridized carbons (Fsp3) is 0.235. The van der Waals surface area contributed by atoms with Crippen LogP contribution in [-0.4, -0.2) is 12.6 Å². The Bertz CT molecular complexity index is 816. The largest absolute Gasteiger partial charge is 0.435 e. The number of halogens is 8. The van der Waals surface area contributed by atoms with Crippen LogP contribution < -0.4 is 15.4 Å². The minimum absolute atomic E-state index is 0.0634. The van der Waals surface area contributed by atoms with Gasteiger partial charge in [-0.1, -0.05) is 12.1 Å². The Morgan fingerprint density at radius 3 is 1.86 bits per heavy atom. The molecule has 158 valence electrons. The van der Waals surface area contributed by atoms with Crippen LogP contribution in [0.4, 0.5) is 45.6 Å². The van der Waals surface area contributed by atoms with Crippen molar-refractivity contribution in [1.29, 1.82) is 0 Å². The van der Waals surface area contributed by atoms with E-state index in [2.05, 4.69) is 10.1 Å². The van der Waals surface area contributed by atoms with Gasteiger partial charge in [-0.3, -0.25) is 0 Å². The highest BCUT2D eigenvalue weighted by molar-refractivity contribution is 5.89. The van der Waals surface area contributed by atoms with E-state index in [1.807, 2.05) is 5.32 Å². The molecule has 2 aromatic carbocycles. The van der Waals surface area contributed by atoms with Gasteiger partial charge in [0.15, 0.2) is 0 Å². The zero-order valence-electron chi connectivity index (χ0n) is 14.2. The van der Waals surface area contributed by atoms with Crippen molar-refractivity contribution in [1.82, 2.24) is 5.32 Å². The number of carbonyl (C=O) groups is 1. The molecule has 29 heavy (non-hydrogen) atoms. The molecule has 2 aromatic rings. The second-order valence-electron chi connectivity index (χ2n) is 5.62. The van der Waals surface area contributed by atoms with E-state index in [0.29, 0.717) is 17.7 Å². The molecule has 0 heterocycles. The number of urea groups is 1. The average molecular weight is 428 g/mol. The van der Waals surface area contributed by atoms with E-state index in [1.54, 1.807) is 0 Å². The van der Waals surface area contributed by atoms with E-state index in [1.165, 1.54) is 24.3 Å². The van der Waals surface area contributed by atoms with Crippen molar-refractivity contribution in [3.05, 3.63) is 59.2 Å². The maximum absolute atomic E-state index is 12.8. The number of ether oxygens (including phenoxy) is 1. The van der Waals surface area contributed by atoms with Gasteiger partial charge < -0.3 is 15.4 Å². The number of amides is 2. The number of alkyl halides is 8. The van der Waals surface area contributed by atoms with Crippen LogP contribution in [0.25, 0.3) is 0 Å².